The van der Waals surface area contributed by atoms with Crippen LogP contribution in [0.15, 0.2) is 33.7 Å². The van der Waals surface area contributed by atoms with Crippen molar-refractivity contribution < 1.29 is 0 Å². The second kappa shape index (κ2) is 5.00. The number of guanidine groups is 1. The summed E-state index contributed by atoms with van der Waals surface area (Å²) in [5.41, 5.74) is 6.75. The Hall–Kier alpha value is -1.03. The van der Waals surface area contributed by atoms with Gasteiger partial charge in [0.2, 0.25) is 0 Å². The van der Waals surface area contributed by atoms with Crippen LogP contribution in [0.25, 0.3) is 0 Å². The van der Waals surface area contributed by atoms with E-state index in [0.29, 0.717) is 5.96 Å². The van der Waals surface area contributed by atoms with Crippen molar-refractivity contribution >= 4 is 21.9 Å². The Bertz CT molecular complexity index is 336. The van der Waals surface area contributed by atoms with E-state index in [2.05, 4.69) is 32.3 Å². The number of nitrogens with one attached hydrogen (secondary N) is 1. The van der Waals surface area contributed by atoms with E-state index >= 15 is 0 Å². The maximum atomic E-state index is 5.58. The van der Waals surface area contributed by atoms with Gasteiger partial charge in [-0.2, -0.15) is 0 Å². The van der Waals surface area contributed by atoms with Crippen LogP contribution in [-0.2, 0) is 0 Å². The third kappa shape index (κ3) is 3.03. The zero-order valence-corrected chi connectivity index (χ0v) is 9.88. The molecule has 3 nitrogen and oxygen atoms in total. The van der Waals surface area contributed by atoms with E-state index in [9.17, 15) is 0 Å². The molecule has 0 unspecified atom stereocenters. The first-order chi connectivity index (χ1) is 6.63. The Balaban J connectivity index is 2.74. The molecule has 3 N–H and O–H groups in total. The van der Waals surface area contributed by atoms with Gasteiger partial charge in [0.05, 0.1) is 6.04 Å². The van der Waals surface area contributed by atoms with Gasteiger partial charge in [-0.25, -0.2) is 0 Å². The standard InChI is InChI=1S/C10H14BrN3/c1-7(14-10(12)13-2)8-4-3-5-9(11)6-8/h3-7H,1-2H3,(H3,12,13,14)/t7-/m1/s1. The number of hydrogen-bond donors (Lipinski definition) is 2. The van der Waals surface area contributed by atoms with Crippen molar-refractivity contribution in [2.45, 2.75) is 13.0 Å². The summed E-state index contributed by atoms with van der Waals surface area (Å²) in [5.74, 6) is 0.456. The van der Waals surface area contributed by atoms with Gasteiger partial charge in [0.1, 0.15) is 0 Å². The molecule has 1 aromatic carbocycles. The molecule has 0 aliphatic rings. The third-order valence-corrected chi connectivity index (χ3v) is 2.45. The summed E-state index contributed by atoms with van der Waals surface area (Å²) in [6.07, 6.45) is 0. The average Bonchev–Trinajstić information content (AvgIpc) is 2.17. The van der Waals surface area contributed by atoms with E-state index in [1.165, 1.54) is 5.56 Å². The smallest absolute Gasteiger partial charge is 0.188 e. The molecule has 14 heavy (non-hydrogen) atoms. The Labute approximate surface area is 92.5 Å². The Kier molecular flexibility index (Phi) is 3.95. The molecular weight excluding hydrogens is 242 g/mol. The molecule has 76 valence electrons. The van der Waals surface area contributed by atoms with Crippen LogP contribution in [0.2, 0.25) is 0 Å². The largest absolute Gasteiger partial charge is 0.370 e. The van der Waals surface area contributed by atoms with Crippen LogP contribution >= 0.6 is 15.9 Å². The maximum Gasteiger partial charge on any atom is 0.188 e. The fourth-order valence-electron chi connectivity index (χ4n) is 1.15. The first-order valence-corrected chi connectivity index (χ1v) is 5.17. The van der Waals surface area contributed by atoms with Crippen LogP contribution < -0.4 is 11.1 Å². The van der Waals surface area contributed by atoms with Gasteiger partial charge >= 0.3 is 0 Å². The van der Waals surface area contributed by atoms with E-state index in [4.69, 9.17) is 5.73 Å². The summed E-state index contributed by atoms with van der Waals surface area (Å²) in [6.45, 7) is 2.04. The predicted molar refractivity (Wildman–Crippen MR) is 63.2 cm³/mol. The average molecular weight is 256 g/mol. The summed E-state index contributed by atoms with van der Waals surface area (Å²) >= 11 is 3.42. The van der Waals surface area contributed by atoms with Crippen molar-refractivity contribution in [1.82, 2.24) is 5.32 Å². The Morgan fingerprint density at radius 1 is 1.57 bits per heavy atom. The zero-order valence-electron chi connectivity index (χ0n) is 8.29. The summed E-state index contributed by atoms with van der Waals surface area (Å²) < 4.78 is 1.07. The van der Waals surface area contributed by atoms with E-state index < -0.39 is 0 Å². The molecule has 0 amide bonds. The SMILES string of the molecule is CN=C(N)N[C@H](C)c1cccc(Br)c1. The first kappa shape index (κ1) is 11.0. The fourth-order valence-corrected chi connectivity index (χ4v) is 1.56. The Morgan fingerprint density at radius 2 is 2.29 bits per heavy atom. The number of halogens is 1. The van der Waals surface area contributed by atoms with Crippen molar-refractivity contribution in [3.63, 3.8) is 0 Å². The van der Waals surface area contributed by atoms with E-state index in [-0.39, 0.29) is 6.04 Å². The molecule has 0 fully saturated rings. The van der Waals surface area contributed by atoms with E-state index in [1.54, 1.807) is 7.05 Å². The third-order valence-electron chi connectivity index (χ3n) is 1.95. The molecule has 0 aromatic heterocycles. The Morgan fingerprint density at radius 3 is 2.86 bits per heavy atom. The molecule has 4 heteroatoms. The quantitative estimate of drug-likeness (QED) is 0.628. The van der Waals surface area contributed by atoms with Gasteiger partial charge in [0.15, 0.2) is 5.96 Å². The molecule has 0 bridgehead atoms. The molecule has 1 atom stereocenters. The summed E-state index contributed by atoms with van der Waals surface area (Å²) in [7, 11) is 1.66. The molecular formula is C10H14BrN3. The highest BCUT2D eigenvalue weighted by Gasteiger charge is 2.05. The van der Waals surface area contributed by atoms with Gasteiger partial charge in [-0.1, -0.05) is 28.1 Å². The molecule has 0 aliphatic carbocycles. The van der Waals surface area contributed by atoms with Gasteiger partial charge < -0.3 is 11.1 Å². The monoisotopic (exact) mass is 255 g/mol. The van der Waals surface area contributed by atoms with Gasteiger partial charge in [-0.3, -0.25) is 4.99 Å². The molecule has 1 rings (SSSR count). The van der Waals surface area contributed by atoms with Gasteiger partial charge in [0.25, 0.3) is 0 Å². The minimum absolute atomic E-state index is 0.163. The van der Waals surface area contributed by atoms with Crippen LogP contribution in [0.4, 0.5) is 0 Å². The topological polar surface area (TPSA) is 50.4 Å². The lowest BCUT2D eigenvalue weighted by atomic mass is 10.1. The highest BCUT2D eigenvalue weighted by Crippen LogP contribution is 2.17. The summed E-state index contributed by atoms with van der Waals surface area (Å²) in [4.78, 5) is 3.85. The van der Waals surface area contributed by atoms with Crippen molar-refractivity contribution in [1.29, 1.82) is 0 Å². The summed E-state index contributed by atoms with van der Waals surface area (Å²) in [6, 6.07) is 8.26. The van der Waals surface area contributed by atoms with Crippen LogP contribution in [0.1, 0.15) is 18.5 Å². The van der Waals surface area contributed by atoms with Crippen molar-refractivity contribution in [2.24, 2.45) is 10.7 Å². The number of aliphatic imine (C=N–C) groups is 1. The second-order valence-corrected chi connectivity index (χ2v) is 3.95. The van der Waals surface area contributed by atoms with Crippen LogP contribution in [-0.4, -0.2) is 13.0 Å². The molecule has 0 heterocycles. The minimum atomic E-state index is 0.163. The fraction of sp³-hybridized carbons (Fsp3) is 0.300. The molecule has 1 aromatic rings. The van der Waals surface area contributed by atoms with E-state index in [1.807, 2.05) is 25.1 Å². The normalized spacial score (nSPS) is 13.8. The maximum absolute atomic E-state index is 5.58. The lowest BCUT2D eigenvalue weighted by molar-refractivity contribution is 0.710. The van der Waals surface area contributed by atoms with Gasteiger partial charge in [-0.15, -0.1) is 0 Å². The van der Waals surface area contributed by atoms with Crippen LogP contribution in [0.3, 0.4) is 0 Å². The lowest BCUT2D eigenvalue weighted by Crippen LogP contribution is -2.33. The van der Waals surface area contributed by atoms with Gasteiger partial charge in [-0.05, 0) is 24.6 Å². The van der Waals surface area contributed by atoms with Gasteiger partial charge in [0, 0.05) is 11.5 Å². The predicted octanol–water partition coefficient (Wildman–Crippen LogP) is 2.04. The molecule has 0 saturated carbocycles. The molecule has 0 aliphatic heterocycles. The lowest BCUT2D eigenvalue weighted by Gasteiger charge is -2.14. The minimum Gasteiger partial charge on any atom is -0.370 e. The van der Waals surface area contributed by atoms with Crippen molar-refractivity contribution in [2.75, 3.05) is 7.05 Å². The number of rotatable bonds is 2. The number of benzene rings is 1. The van der Waals surface area contributed by atoms with Crippen LogP contribution in [0, 0.1) is 0 Å². The number of nitrogens with two attached hydrogens (primary N) is 1. The summed E-state index contributed by atoms with van der Waals surface area (Å²) in [5, 5.41) is 3.08. The highest BCUT2D eigenvalue weighted by atomic mass is 79.9. The van der Waals surface area contributed by atoms with Crippen molar-refractivity contribution in [3.05, 3.63) is 34.3 Å². The molecule has 0 radical (unpaired) electrons. The van der Waals surface area contributed by atoms with Crippen LogP contribution in [0.5, 0.6) is 0 Å². The molecule has 0 spiro atoms. The second-order valence-electron chi connectivity index (χ2n) is 3.03. The molecule has 0 saturated heterocycles. The number of nitrogens with zero attached hydrogens (tertiary/aromatic N) is 1. The van der Waals surface area contributed by atoms with E-state index in [0.717, 1.165) is 4.47 Å². The van der Waals surface area contributed by atoms with Crippen molar-refractivity contribution in [3.8, 4) is 0 Å². The highest BCUT2D eigenvalue weighted by molar-refractivity contribution is 9.10. The number of hydrogen-bond acceptors (Lipinski definition) is 1. The first-order valence-electron chi connectivity index (χ1n) is 4.37. The zero-order chi connectivity index (χ0) is 10.6.